The number of aromatic hydroxyl groups is 1. The monoisotopic (exact) mass is 614 g/mol. The van der Waals surface area contributed by atoms with Crippen LogP contribution in [0.3, 0.4) is 0 Å². The number of hydrogen-bond donors (Lipinski definition) is 6. The highest BCUT2D eigenvalue weighted by Gasteiger charge is 2.50. The summed E-state index contributed by atoms with van der Waals surface area (Å²) in [6, 6.07) is 3.51. The van der Waals surface area contributed by atoms with Crippen molar-refractivity contribution >= 4 is 30.0 Å². The van der Waals surface area contributed by atoms with E-state index in [2.05, 4.69) is 22.5 Å². The number of aliphatic imine (C=N–C) groups is 1. The fourth-order valence-corrected chi connectivity index (χ4v) is 6.36. The average molecular weight is 615 g/mol. The Morgan fingerprint density at radius 2 is 1.77 bits per heavy atom. The summed E-state index contributed by atoms with van der Waals surface area (Å²) in [5.41, 5.74) is 11.5. The van der Waals surface area contributed by atoms with Crippen molar-refractivity contribution in [2.24, 2.45) is 22.4 Å². The van der Waals surface area contributed by atoms with Crippen molar-refractivity contribution in [2.75, 3.05) is 6.54 Å². The number of carbonyl (C=O) groups excluding carboxylic acids is 4. The minimum absolute atomic E-state index is 0.0123. The number of nitrogens with zero attached hydrogens (tertiary/aromatic N) is 2. The molecule has 0 spiro atoms. The third-order valence-electron chi connectivity index (χ3n) is 8.68. The van der Waals surface area contributed by atoms with E-state index in [1.165, 1.54) is 12.1 Å². The van der Waals surface area contributed by atoms with Gasteiger partial charge >= 0.3 is 0 Å². The molecule has 1 aromatic rings. The van der Waals surface area contributed by atoms with Gasteiger partial charge in [-0.15, -0.1) is 0 Å². The number of rotatable bonds is 17. The van der Waals surface area contributed by atoms with Gasteiger partial charge in [0.2, 0.25) is 17.7 Å². The highest BCUT2D eigenvalue weighted by Crippen LogP contribution is 2.40. The molecule has 1 saturated heterocycles. The van der Waals surface area contributed by atoms with E-state index in [0.717, 1.165) is 31.2 Å². The van der Waals surface area contributed by atoms with E-state index in [0.29, 0.717) is 64.2 Å². The standard InChI is InChI=1S/C32H50N6O6/c1-2-3-4-5-6-9-29(42)37-26(17-21-10-13-24(40)14-11-21)31(44)38-27-19-25(41)15-12-22(27)18-28(38)30(43)36-23(20-39)8-7-16-35-32(33)34/h10-11,13-14,20,22-23,25-28,40-41H,2-9,12,15-19H2,1H3,(H,36,43)(H,37,42)(H4,33,34,35). The number of nitrogens with two attached hydrogens (primary N) is 2. The molecule has 2 fully saturated rings. The van der Waals surface area contributed by atoms with Gasteiger partial charge < -0.3 is 42.0 Å². The van der Waals surface area contributed by atoms with Crippen molar-refractivity contribution in [1.82, 2.24) is 15.5 Å². The second-order valence-electron chi connectivity index (χ2n) is 12.1. The number of aldehydes is 1. The van der Waals surface area contributed by atoms with Gasteiger partial charge in [-0.1, -0.05) is 44.7 Å². The summed E-state index contributed by atoms with van der Waals surface area (Å²) in [6.07, 6.45) is 8.25. The zero-order chi connectivity index (χ0) is 32.1. The molecule has 0 radical (unpaired) electrons. The van der Waals surface area contributed by atoms with E-state index in [-0.39, 0.29) is 36.0 Å². The second kappa shape index (κ2) is 17.6. The van der Waals surface area contributed by atoms with Crippen LogP contribution in [0.1, 0.15) is 89.5 Å². The zero-order valence-electron chi connectivity index (χ0n) is 25.8. The Bertz CT molecular complexity index is 1120. The summed E-state index contributed by atoms with van der Waals surface area (Å²) < 4.78 is 0. The van der Waals surface area contributed by atoms with Gasteiger partial charge in [0.25, 0.3) is 0 Å². The highest BCUT2D eigenvalue weighted by atomic mass is 16.3. The normalized spacial score (nSPS) is 22.4. The number of carbonyl (C=O) groups is 4. The van der Waals surface area contributed by atoms with E-state index in [9.17, 15) is 29.4 Å². The van der Waals surface area contributed by atoms with Crippen LogP contribution in [0.4, 0.5) is 0 Å². The molecular weight excluding hydrogens is 564 g/mol. The molecule has 3 rings (SSSR count). The molecule has 2 aliphatic rings. The summed E-state index contributed by atoms with van der Waals surface area (Å²) in [5.74, 6) is -1.02. The van der Waals surface area contributed by atoms with Gasteiger partial charge in [-0.25, -0.2) is 0 Å². The number of nitrogens with one attached hydrogen (secondary N) is 2. The first kappa shape index (κ1) is 34.8. The molecule has 8 N–H and O–H groups in total. The van der Waals surface area contributed by atoms with Crippen molar-refractivity contribution in [2.45, 2.75) is 121 Å². The Labute approximate surface area is 260 Å². The fourth-order valence-electron chi connectivity index (χ4n) is 6.36. The minimum Gasteiger partial charge on any atom is -0.508 e. The third kappa shape index (κ3) is 10.5. The van der Waals surface area contributed by atoms with Crippen LogP contribution in [0.25, 0.3) is 0 Å². The van der Waals surface area contributed by atoms with E-state index >= 15 is 0 Å². The smallest absolute Gasteiger partial charge is 0.246 e. The molecule has 1 aliphatic carbocycles. The number of likely N-dealkylation sites (tertiary alicyclic amines) is 1. The fraction of sp³-hybridized carbons (Fsp3) is 0.656. The lowest BCUT2D eigenvalue weighted by Crippen LogP contribution is -2.58. The number of guanidine groups is 1. The molecule has 0 aromatic heterocycles. The lowest BCUT2D eigenvalue weighted by atomic mass is 9.83. The largest absolute Gasteiger partial charge is 0.508 e. The molecule has 1 saturated carbocycles. The van der Waals surface area contributed by atoms with Crippen LogP contribution >= 0.6 is 0 Å². The first-order chi connectivity index (χ1) is 21.1. The second-order valence-corrected chi connectivity index (χ2v) is 12.1. The SMILES string of the molecule is CCCCCCCC(=O)NC(Cc1ccc(O)cc1)C(=O)N1C(C(=O)NC(C=O)CCCN=C(N)N)CC2CCC(O)CC21. The predicted octanol–water partition coefficient (Wildman–Crippen LogP) is 1.65. The van der Waals surface area contributed by atoms with Gasteiger partial charge in [-0.05, 0) is 68.6 Å². The van der Waals surface area contributed by atoms with E-state index in [1.807, 2.05) is 0 Å². The summed E-state index contributed by atoms with van der Waals surface area (Å²) in [4.78, 5) is 58.3. The predicted molar refractivity (Wildman–Crippen MR) is 167 cm³/mol. The molecule has 0 bridgehead atoms. The number of amides is 3. The van der Waals surface area contributed by atoms with Crippen LogP contribution in [0, 0.1) is 5.92 Å². The molecule has 6 atom stereocenters. The van der Waals surface area contributed by atoms with Gasteiger partial charge in [0.15, 0.2) is 5.96 Å². The van der Waals surface area contributed by atoms with Gasteiger partial charge in [0.05, 0.1) is 12.1 Å². The molecule has 6 unspecified atom stereocenters. The number of phenols is 1. The number of fused-ring (bicyclic) bond motifs is 1. The molecule has 1 heterocycles. The van der Waals surface area contributed by atoms with Crippen LogP contribution in [-0.2, 0) is 25.6 Å². The van der Waals surface area contributed by atoms with Crippen molar-refractivity contribution in [1.29, 1.82) is 0 Å². The quantitative estimate of drug-likeness (QED) is 0.0658. The van der Waals surface area contributed by atoms with E-state index < -0.39 is 36.0 Å². The Morgan fingerprint density at radius 1 is 1.05 bits per heavy atom. The van der Waals surface area contributed by atoms with Crippen LogP contribution in [0.5, 0.6) is 5.75 Å². The highest BCUT2D eigenvalue weighted by molar-refractivity contribution is 5.94. The van der Waals surface area contributed by atoms with Crippen LogP contribution in [-0.4, -0.2) is 81.9 Å². The summed E-state index contributed by atoms with van der Waals surface area (Å²) in [5, 5.41) is 26.0. The van der Waals surface area contributed by atoms with Crippen LogP contribution in [0.15, 0.2) is 29.3 Å². The lowest BCUT2D eigenvalue weighted by molar-refractivity contribution is -0.144. The van der Waals surface area contributed by atoms with Crippen molar-refractivity contribution < 1.29 is 29.4 Å². The van der Waals surface area contributed by atoms with E-state index in [1.54, 1.807) is 17.0 Å². The number of unbranched alkanes of at least 4 members (excludes halogenated alkanes) is 4. The Morgan fingerprint density at radius 3 is 2.45 bits per heavy atom. The van der Waals surface area contributed by atoms with Gasteiger partial charge in [0, 0.05) is 25.4 Å². The Kier molecular flexibility index (Phi) is 13.9. The number of benzene rings is 1. The molecule has 1 aliphatic heterocycles. The number of aliphatic hydroxyl groups is 1. The third-order valence-corrected chi connectivity index (χ3v) is 8.68. The van der Waals surface area contributed by atoms with Gasteiger partial charge in [0.1, 0.15) is 24.1 Å². The number of hydrogen-bond acceptors (Lipinski definition) is 7. The molecule has 44 heavy (non-hydrogen) atoms. The van der Waals surface area contributed by atoms with Crippen molar-refractivity contribution in [3.05, 3.63) is 29.8 Å². The summed E-state index contributed by atoms with van der Waals surface area (Å²) in [7, 11) is 0. The molecule has 244 valence electrons. The van der Waals surface area contributed by atoms with Crippen LogP contribution < -0.4 is 22.1 Å². The summed E-state index contributed by atoms with van der Waals surface area (Å²) in [6.45, 7) is 2.44. The Balaban J connectivity index is 1.81. The van der Waals surface area contributed by atoms with Gasteiger partial charge in [-0.3, -0.25) is 19.4 Å². The zero-order valence-corrected chi connectivity index (χ0v) is 25.8. The topological polar surface area (TPSA) is 200 Å². The molecule has 3 amide bonds. The first-order valence-electron chi connectivity index (χ1n) is 16.0. The minimum atomic E-state index is -0.947. The van der Waals surface area contributed by atoms with Gasteiger partial charge in [-0.2, -0.15) is 0 Å². The average Bonchev–Trinajstić information content (AvgIpc) is 3.37. The summed E-state index contributed by atoms with van der Waals surface area (Å²) >= 11 is 0. The first-order valence-corrected chi connectivity index (χ1v) is 16.0. The molecule has 12 nitrogen and oxygen atoms in total. The maximum absolute atomic E-state index is 14.4. The van der Waals surface area contributed by atoms with Crippen molar-refractivity contribution in [3.63, 3.8) is 0 Å². The number of aliphatic hydroxyl groups excluding tert-OH is 1. The lowest BCUT2D eigenvalue weighted by Gasteiger charge is -2.37. The van der Waals surface area contributed by atoms with Crippen molar-refractivity contribution in [3.8, 4) is 5.75 Å². The van der Waals surface area contributed by atoms with E-state index in [4.69, 9.17) is 11.5 Å². The van der Waals surface area contributed by atoms with Crippen LogP contribution in [0.2, 0.25) is 0 Å². The number of phenolic OH excluding ortho intramolecular Hbond substituents is 1. The maximum atomic E-state index is 14.4. The molecule has 12 heteroatoms. The maximum Gasteiger partial charge on any atom is 0.246 e. The Hall–Kier alpha value is -3.67. The molecular formula is C32H50N6O6. The molecule has 1 aromatic carbocycles.